The number of nitrogens with one attached hydrogen (secondary N) is 1. The number of hydrogen-bond acceptors (Lipinski definition) is 6. The Kier molecular flexibility index (Phi) is 4.64. The minimum Gasteiger partial charge on any atom is -0.363 e. The molecule has 0 unspecified atom stereocenters. The predicted molar refractivity (Wildman–Crippen MR) is 91.0 cm³/mol. The normalized spacial score (nSPS) is 16.9. The van der Waals surface area contributed by atoms with Crippen molar-refractivity contribution in [3.63, 3.8) is 0 Å². The fourth-order valence-corrected chi connectivity index (χ4v) is 2.92. The molecule has 3 heterocycles. The first-order valence-electron chi connectivity index (χ1n) is 8.11. The van der Waals surface area contributed by atoms with Crippen molar-refractivity contribution in [3.8, 4) is 0 Å². The molecule has 0 bridgehead atoms. The molecule has 2 aromatic heterocycles. The number of carbonyl (C=O) groups is 2. The molecule has 0 radical (unpaired) electrons. The van der Waals surface area contributed by atoms with Crippen LogP contribution in [0.15, 0.2) is 18.5 Å². The number of carbonyl (C=O) groups excluding carboxylic acids is 2. The molecule has 1 saturated heterocycles. The number of anilines is 1. The summed E-state index contributed by atoms with van der Waals surface area (Å²) in [5.74, 6) is -0.00835. The van der Waals surface area contributed by atoms with Crippen LogP contribution in [0.2, 0.25) is 0 Å². The molecule has 0 saturated carbocycles. The zero-order chi connectivity index (χ0) is 18.0. The molecule has 9 nitrogen and oxygen atoms in total. The fourth-order valence-electron chi connectivity index (χ4n) is 2.92. The monoisotopic (exact) mass is 343 g/mol. The molecule has 25 heavy (non-hydrogen) atoms. The van der Waals surface area contributed by atoms with Crippen molar-refractivity contribution < 1.29 is 9.59 Å². The van der Waals surface area contributed by atoms with E-state index in [0.717, 1.165) is 24.2 Å². The summed E-state index contributed by atoms with van der Waals surface area (Å²) in [6, 6.07) is 1.80. The third kappa shape index (κ3) is 3.76. The van der Waals surface area contributed by atoms with Crippen molar-refractivity contribution in [3.05, 3.63) is 35.5 Å². The highest BCUT2D eigenvalue weighted by molar-refractivity contribution is 5.89. The van der Waals surface area contributed by atoms with Crippen LogP contribution in [-0.4, -0.2) is 50.7 Å². The van der Waals surface area contributed by atoms with E-state index in [2.05, 4.69) is 25.3 Å². The SMILES string of the molecule is Cc1nc(C(N)=O)nc(N2CC[C@@H](NC(=O)Cn3cccn3)C2)c1C. The Balaban J connectivity index is 1.66. The van der Waals surface area contributed by atoms with Gasteiger partial charge in [-0.2, -0.15) is 5.10 Å². The first-order valence-corrected chi connectivity index (χ1v) is 8.11. The summed E-state index contributed by atoms with van der Waals surface area (Å²) < 4.78 is 1.58. The molecule has 132 valence electrons. The molecule has 3 N–H and O–H groups in total. The molecular weight excluding hydrogens is 322 g/mol. The molecule has 9 heteroatoms. The lowest BCUT2D eigenvalue weighted by atomic mass is 10.2. The summed E-state index contributed by atoms with van der Waals surface area (Å²) in [7, 11) is 0. The molecule has 1 fully saturated rings. The van der Waals surface area contributed by atoms with Gasteiger partial charge in [0.25, 0.3) is 5.91 Å². The van der Waals surface area contributed by atoms with Gasteiger partial charge in [-0.1, -0.05) is 0 Å². The van der Waals surface area contributed by atoms with Gasteiger partial charge in [0.2, 0.25) is 11.7 Å². The van der Waals surface area contributed by atoms with Crippen molar-refractivity contribution in [1.29, 1.82) is 0 Å². The summed E-state index contributed by atoms with van der Waals surface area (Å²) in [5.41, 5.74) is 6.95. The van der Waals surface area contributed by atoms with Crippen LogP contribution in [-0.2, 0) is 11.3 Å². The lowest BCUT2D eigenvalue weighted by molar-refractivity contribution is -0.122. The van der Waals surface area contributed by atoms with Gasteiger partial charge >= 0.3 is 0 Å². The number of aromatic nitrogens is 4. The van der Waals surface area contributed by atoms with Gasteiger partial charge < -0.3 is 16.0 Å². The molecule has 0 aromatic carbocycles. The number of primary amides is 1. The van der Waals surface area contributed by atoms with Crippen LogP contribution in [0, 0.1) is 13.8 Å². The number of nitrogens with two attached hydrogens (primary N) is 1. The molecule has 1 atom stereocenters. The van der Waals surface area contributed by atoms with Crippen molar-refractivity contribution in [2.24, 2.45) is 5.73 Å². The standard InChI is InChI=1S/C16H21N7O2/c1-10-11(2)19-15(14(17)25)21-16(10)22-7-4-12(8-22)20-13(24)9-23-6-3-5-18-23/h3,5-6,12H,4,7-9H2,1-2H3,(H2,17,25)(H,20,24)/t12-/m1/s1. The Hall–Kier alpha value is -2.97. The highest BCUT2D eigenvalue weighted by Crippen LogP contribution is 2.23. The number of rotatable bonds is 5. The number of amides is 2. The molecule has 0 spiro atoms. The highest BCUT2D eigenvalue weighted by Gasteiger charge is 2.27. The van der Waals surface area contributed by atoms with Crippen LogP contribution < -0.4 is 16.0 Å². The topological polar surface area (TPSA) is 119 Å². The van der Waals surface area contributed by atoms with Crippen LogP contribution >= 0.6 is 0 Å². The minimum atomic E-state index is -0.646. The van der Waals surface area contributed by atoms with Crippen LogP contribution in [0.5, 0.6) is 0 Å². The average Bonchev–Trinajstić information content (AvgIpc) is 3.21. The van der Waals surface area contributed by atoms with Crippen LogP contribution in [0.1, 0.15) is 28.3 Å². The lowest BCUT2D eigenvalue weighted by Crippen LogP contribution is -2.39. The van der Waals surface area contributed by atoms with Gasteiger partial charge in [-0.25, -0.2) is 9.97 Å². The van der Waals surface area contributed by atoms with E-state index in [1.807, 2.05) is 13.8 Å². The molecule has 1 aliphatic heterocycles. The van der Waals surface area contributed by atoms with E-state index in [-0.39, 0.29) is 24.3 Å². The van der Waals surface area contributed by atoms with Gasteiger partial charge in [-0.3, -0.25) is 14.3 Å². The van der Waals surface area contributed by atoms with E-state index in [1.165, 1.54) is 0 Å². The fraction of sp³-hybridized carbons (Fsp3) is 0.438. The van der Waals surface area contributed by atoms with E-state index in [1.54, 1.807) is 23.1 Å². The summed E-state index contributed by atoms with van der Waals surface area (Å²) >= 11 is 0. The second-order valence-corrected chi connectivity index (χ2v) is 6.15. The maximum absolute atomic E-state index is 12.1. The van der Waals surface area contributed by atoms with Gasteiger partial charge in [-0.15, -0.1) is 0 Å². The smallest absolute Gasteiger partial charge is 0.286 e. The van der Waals surface area contributed by atoms with Crippen LogP contribution in [0.25, 0.3) is 0 Å². The third-order valence-corrected chi connectivity index (χ3v) is 4.30. The second-order valence-electron chi connectivity index (χ2n) is 6.15. The molecule has 0 aliphatic carbocycles. The third-order valence-electron chi connectivity index (χ3n) is 4.30. The van der Waals surface area contributed by atoms with Crippen molar-refractivity contribution in [1.82, 2.24) is 25.1 Å². The van der Waals surface area contributed by atoms with Gasteiger partial charge in [0, 0.05) is 42.8 Å². The summed E-state index contributed by atoms with van der Waals surface area (Å²) in [5, 5.41) is 7.04. The number of hydrogen-bond donors (Lipinski definition) is 2. The maximum atomic E-state index is 12.1. The average molecular weight is 343 g/mol. The Morgan fingerprint density at radius 1 is 1.36 bits per heavy atom. The largest absolute Gasteiger partial charge is 0.363 e. The van der Waals surface area contributed by atoms with Crippen LogP contribution in [0.3, 0.4) is 0 Å². The molecule has 2 amide bonds. The number of aryl methyl sites for hydroxylation is 1. The van der Waals surface area contributed by atoms with Gasteiger partial charge in [-0.05, 0) is 26.3 Å². The Labute approximate surface area is 145 Å². The van der Waals surface area contributed by atoms with E-state index >= 15 is 0 Å². The Morgan fingerprint density at radius 3 is 2.84 bits per heavy atom. The first-order chi connectivity index (χ1) is 11.9. The van der Waals surface area contributed by atoms with Gasteiger partial charge in [0.1, 0.15) is 12.4 Å². The van der Waals surface area contributed by atoms with E-state index in [4.69, 9.17) is 5.73 Å². The Bertz CT molecular complexity index is 788. The van der Waals surface area contributed by atoms with Crippen molar-refractivity contribution >= 4 is 17.6 Å². The zero-order valence-corrected chi connectivity index (χ0v) is 14.3. The molecule has 2 aromatic rings. The molecule has 3 rings (SSSR count). The van der Waals surface area contributed by atoms with Crippen LogP contribution in [0.4, 0.5) is 5.82 Å². The Morgan fingerprint density at radius 2 is 2.16 bits per heavy atom. The summed E-state index contributed by atoms with van der Waals surface area (Å²) in [6.07, 6.45) is 4.19. The second kappa shape index (κ2) is 6.88. The lowest BCUT2D eigenvalue weighted by Gasteiger charge is -2.21. The highest BCUT2D eigenvalue weighted by atomic mass is 16.2. The van der Waals surface area contributed by atoms with E-state index in [0.29, 0.717) is 12.4 Å². The number of nitrogens with zero attached hydrogens (tertiary/aromatic N) is 5. The quantitative estimate of drug-likeness (QED) is 0.775. The summed E-state index contributed by atoms with van der Waals surface area (Å²) in [6.45, 7) is 5.30. The maximum Gasteiger partial charge on any atom is 0.286 e. The summed E-state index contributed by atoms with van der Waals surface area (Å²) in [4.78, 5) is 34.0. The van der Waals surface area contributed by atoms with Gasteiger partial charge in [0.05, 0.1) is 0 Å². The predicted octanol–water partition coefficient (Wildman–Crippen LogP) is -0.216. The van der Waals surface area contributed by atoms with Crippen molar-refractivity contribution in [2.45, 2.75) is 32.9 Å². The van der Waals surface area contributed by atoms with Crippen molar-refractivity contribution in [2.75, 3.05) is 18.0 Å². The minimum absolute atomic E-state index is 0.0178. The zero-order valence-electron chi connectivity index (χ0n) is 14.3. The molecular formula is C16H21N7O2. The first kappa shape index (κ1) is 16.9. The van der Waals surface area contributed by atoms with Gasteiger partial charge in [0.15, 0.2) is 0 Å². The van der Waals surface area contributed by atoms with E-state index in [9.17, 15) is 9.59 Å². The molecule has 1 aliphatic rings. The van der Waals surface area contributed by atoms with E-state index < -0.39 is 5.91 Å².